The molecule has 0 radical (unpaired) electrons. The lowest BCUT2D eigenvalue weighted by Crippen LogP contribution is -2.48. The molecule has 0 atom stereocenters. The quantitative estimate of drug-likeness (QED) is 0.926. The van der Waals surface area contributed by atoms with E-state index in [-0.39, 0.29) is 5.97 Å². The van der Waals surface area contributed by atoms with E-state index in [1.807, 2.05) is 27.0 Å². The van der Waals surface area contributed by atoms with Crippen molar-refractivity contribution in [2.75, 3.05) is 31.1 Å². The molecule has 5 heteroatoms. The number of H-pyrrole nitrogens is 1. The van der Waals surface area contributed by atoms with Crippen molar-refractivity contribution >= 4 is 22.6 Å². The summed E-state index contributed by atoms with van der Waals surface area (Å²) in [6.45, 7) is 8.77. The molecule has 2 heterocycles. The number of hydroxylamine groups is 2. The Hall–Kier alpha value is -2.01. The maximum Gasteiger partial charge on any atom is 0.330 e. The first kappa shape index (κ1) is 14.9. The van der Waals surface area contributed by atoms with Crippen LogP contribution in [0, 0.1) is 5.41 Å². The smallest absolute Gasteiger partial charge is 0.330 e. The van der Waals surface area contributed by atoms with Gasteiger partial charge in [-0.1, -0.05) is 6.07 Å². The van der Waals surface area contributed by atoms with Gasteiger partial charge in [-0.25, -0.2) is 4.79 Å². The second-order valence-corrected chi connectivity index (χ2v) is 6.76. The van der Waals surface area contributed by atoms with E-state index in [1.54, 1.807) is 5.06 Å². The van der Waals surface area contributed by atoms with Crippen LogP contribution < -0.4 is 4.90 Å². The Bertz CT molecular complexity index is 664. The summed E-state index contributed by atoms with van der Waals surface area (Å²) in [6, 6.07) is 8.41. The second kappa shape index (κ2) is 5.65. The van der Waals surface area contributed by atoms with E-state index in [9.17, 15) is 4.79 Å². The third kappa shape index (κ3) is 2.95. The lowest BCUT2D eigenvalue weighted by atomic mass is 9.98. The van der Waals surface area contributed by atoms with Gasteiger partial charge in [0.2, 0.25) is 0 Å². The predicted octanol–water partition coefficient (Wildman–Crippen LogP) is 2.79. The summed E-state index contributed by atoms with van der Waals surface area (Å²) in [5, 5.41) is 3.02. The Morgan fingerprint density at radius 2 is 1.86 bits per heavy atom. The molecule has 1 aliphatic heterocycles. The fourth-order valence-corrected chi connectivity index (χ4v) is 2.62. The number of benzene rings is 1. The molecule has 1 aromatic carbocycles. The molecule has 0 unspecified atom stereocenters. The normalized spacial score (nSPS) is 17.0. The predicted molar refractivity (Wildman–Crippen MR) is 87.6 cm³/mol. The lowest BCUT2D eigenvalue weighted by molar-refractivity contribution is -0.201. The van der Waals surface area contributed by atoms with Crippen LogP contribution in [-0.2, 0) is 9.63 Å². The SMILES string of the molecule is CC(C)(C)C(=O)ON1CCN(c2cccc3[nH]ccc23)CC1. The van der Waals surface area contributed by atoms with Crippen molar-refractivity contribution in [1.29, 1.82) is 0 Å². The molecule has 22 heavy (non-hydrogen) atoms. The molecule has 1 aromatic heterocycles. The molecule has 0 amide bonds. The van der Waals surface area contributed by atoms with Crippen molar-refractivity contribution in [3.05, 3.63) is 30.5 Å². The third-order valence-electron chi connectivity index (χ3n) is 3.98. The Balaban J connectivity index is 1.65. The van der Waals surface area contributed by atoms with Gasteiger partial charge in [0.1, 0.15) is 0 Å². The minimum atomic E-state index is -0.464. The molecular weight excluding hydrogens is 278 g/mol. The van der Waals surface area contributed by atoms with Crippen molar-refractivity contribution in [3.8, 4) is 0 Å². The van der Waals surface area contributed by atoms with Crippen LogP contribution in [0.4, 0.5) is 5.69 Å². The Labute approximate surface area is 130 Å². The molecule has 0 saturated carbocycles. The molecule has 1 aliphatic rings. The zero-order chi connectivity index (χ0) is 15.7. The summed E-state index contributed by atoms with van der Waals surface area (Å²) in [6.07, 6.45) is 1.97. The van der Waals surface area contributed by atoms with Crippen molar-refractivity contribution in [2.45, 2.75) is 20.8 Å². The zero-order valence-electron chi connectivity index (χ0n) is 13.4. The average molecular weight is 301 g/mol. The van der Waals surface area contributed by atoms with Crippen molar-refractivity contribution in [2.24, 2.45) is 5.41 Å². The van der Waals surface area contributed by atoms with E-state index in [1.165, 1.54) is 11.1 Å². The van der Waals surface area contributed by atoms with Gasteiger partial charge >= 0.3 is 5.97 Å². The van der Waals surface area contributed by atoms with Crippen molar-refractivity contribution in [3.63, 3.8) is 0 Å². The molecule has 0 spiro atoms. The average Bonchev–Trinajstić information content (AvgIpc) is 2.95. The highest BCUT2D eigenvalue weighted by molar-refractivity contribution is 5.92. The monoisotopic (exact) mass is 301 g/mol. The van der Waals surface area contributed by atoms with Gasteiger partial charge in [-0.3, -0.25) is 0 Å². The minimum Gasteiger partial charge on any atom is -0.368 e. The number of anilines is 1. The van der Waals surface area contributed by atoms with Gasteiger partial charge in [0.15, 0.2) is 0 Å². The molecule has 3 rings (SSSR count). The van der Waals surface area contributed by atoms with Crippen LogP contribution in [0.15, 0.2) is 30.5 Å². The van der Waals surface area contributed by atoms with Crippen LogP contribution in [0.1, 0.15) is 20.8 Å². The molecule has 0 aliphatic carbocycles. The van der Waals surface area contributed by atoms with Crippen LogP contribution in [0.2, 0.25) is 0 Å². The Kier molecular flexibility index (Phi) is 3.83. The van der Waals surface area contributed by atoms with Crippen LogP contribution in [-0.4, -0.2) is 42.2 Å². The highest BCUT2D eigenvalue weighted by Crippen LogP contribution is 2.27. The van der Waals surface area contributed by atoms with Crippen LogP contribution in [0.3, 0.4) is 0 Å². The maximum absolute atomic E-state index is 11.9. The van der Waals surface area contributed by atoms with E-state index in [0.29, 0.717) is 0 Å². The highest BCUT2D eigenvalue weighted by atomic mass is 16.7. The second-order valence-electron chi connectivity index (χ2n) is 6.76. The van der Waals surface area contributed by atoms with Gasteiger partial charge in [0.25, 0.3) is 0 Å². The summed E-state index contributed by atoms with van der Waals surface area (Å²) >= 11 is 0. The number of nitrogens with one attached hydrogen (secondary N) is 1. The summed E-state index contributed by atoms with van der Waals surface area (Å²) < 4.78 is 0. The number of hydrogen-bond acceptors (Lipinski definition) is 4. The number of carbonyl (C=O) groups excluding carboxylic acids is 1. The number of piperazine rings is 1. The molecule has 118 valence electrons. The number of rotatable bonds is 2. The number of aromatic amines is 1. The van der Waals surface area contributed by atoms with E-state index < -0.39 is 5.41 Å². The largest absolute Gasteiger partial charge is 0.368 e. The Morgan fingerprint density at radius 1 is 1.14 bits per heavy atom. The molecule has 1 fully saturated rings. The number of nitrogens with zero attached hydrogens (tertiary/aromatic N) is 2. The summed E-state index contributed by atoms with van der Waals surface area (Å²) in [7, 11) is 0. The van der Waals surface area contributed by atoms with E-state index in [2.05, 4.69) is 34.1 Å². The zero-order valence-corrected chi connectivity index (χ0v) is 13.4. The van der Waals surface area contributed by atoms with Gasteiger partial charge in [-0.2, -0.15) is 0 Å². The first-order valence-corrected chi connectivity index (χ1v) is 7.73. The first-order chi connectivity index (χ1) is 10.4. The summed E-state index contributed by atoms with van der Waals surface area (Å²) in [5.41, 5.74) is 1.92. The molecule has 2 aromatic rings. The maximum atomic E-state index is 11.9. The van der Waals surface area contributed by atoms with E-state index in [4.69, 9.17) is 4.84 Å². The van der Waals surface area contributed by atoms with E-state index >= 15 is 0 Å². The summed E-state index contributed by atoms with van der Waals surface area (Å²) in [5.74, 6) is -0.173. The minimum absolute atomic E-state index is 0.173. The van der Waals surface area contributed by atoms with Crippen LogP contribution in [0.25, 0.3) is 10.9 Å². The van der Waals surface area contributed by atoms with Gasteiger partial charge in [-0.05, 0) is 39.0 Å². The van der Waals surface area contributed by atoms with Crippen LogP contribution in [0.5, 0.6) is 0 Å². The standard InChI is InChI=1S/C17H23N3O2/c1-17(2,3)16(21)22-20-11-9-19(10-12-20)15-6-4-5-14-13(15)7-8-18-14/h4-8,18H,9-12H2,1-3H3. The third-order valence-corrected chi connectivity index (χ3v) is 3.98. The number of carbonyl (C=O) groups is 1. The molecule has 0 bridgehead atoms. The molecular formula is C17H23N3O2. The highest BCUT2D eigenvalue weighted by Gasteiger charge is 2.28. The van der Waals surface area contributed by atoms with Crippen molar-refractivity contribution < 1.29 is 9.63 Å². The number of hydrogen-bond donors (Lipinski definition) is 1. The van der Waals surface area contributed by atoms with Gasteiger partial charge < -0.3 is 14.7 Å². The molecule has 1 N–H and O–H groups in total. The van der Waals surface area contributed by atoms with Gasteiger partial charge in [0.05, 0.1) is 18.5 Å². The topological polar surface area (TPSA) is 48.6 Å². The van der Waals surface area contributed by atoms with Crippen molar-refractivity contribution in [1.82, 2.24) is 10.0 Å². The van der Waals surface area contributed by atoms with Gasteiger partial charge in [-0.15, -0.1) is 5.06 Å². The lowest BCUT2D eigenvalue weighted by Gasteiger charge is -2.36. The number of aromatic nitrogens is 1. The molecule has 5 nitrogen and oxygen atoms in total. The van der Waals surface area contributed by atoms with Gasteiger partial charge in [0, 0.05) is 35.9 Å². The van der Waals surface area contributed by atoms with E-state index in [0.717, 1.165) is 31.7 Å². The number of fused-ring (bicyclic) bond motifs is 1. The Morgan fingerprint density at radius 3 is 2.55 bits per heavy atom. The van der Waals surface area contributed by atoms with Crippen LogP contribution >= 0.6 is 0 Å². The fraction of sp³-hybridized carbons (Fsp3) is 0.471. The first-order valence-electron chi connectivity index (χ1n) is 7.73. The fourth-order valence-electron chi connectivity index (χ4n) is 2.62. The molecule has 1 saturated heterocycles. The summed E-state index contributed by atoms with van der Waals surface area (Å²) in [4.78, 5) is 23.0.